The maximum absolute atomic E-state index is 6.03. The molecule has 4 aromatic rings. The van der Waals surface area contributed by atoms with Gasteiger partial charge in [0, 0.05) is 5.56 Å². The quantitative estimate of drug-likeness (QED) is 0.240. The van der Waals surface area contributed by atoms with Crippen molar-refractivity contribution in [2.24, 2.45) is 5.10 Å². The molecule has 3 aromatic carbocycles. The molecule has 0 unspecified atom stereocenters. The van der Waals surface area contributed by atoms with Gasteiger partial charge in [0.25, 0.3) is 0 Å². The second-order valence-corrected chi connectivity index (χ2v) is 8.32. The first-order chi connectivity index (χ1) is 15.5. The van der Waals surface area contributed by atoms with E-state index in [0.717, 1.165) is 21.2 Å². The lowest BCUT2D eigenvalue weighted by Crippen LogP contribution is -2.00. The van der Waals surface area contributed by atoms with Crippen molar-refractivity contribution in [1.29, 1.82) is 0 Å². The standard InChI is InChI=1S/C24H21BrN4O2S/c1-16-8-10-17(11-9-16)15-31-22-20(25)12-18(13-21(22)30-2)14-26-29-23(27-28-24(29)32)19-6-4-3-5-7-19/h3-14H,15H2,1-2H3,(H,28,32)/b26-14-. The predicted octanol–water partition coefficient (Wildman–Crippen LogP) is 6.15. The Balaban J connectivity index is 1.59. The Morgan fingerprint density at radius 1 is 1.12 bits per heavy atom. The molecular weight excluding hydrogens is 488 g/mol. The third kappa shape index (κ3) is 4.98. The zero-order valence-electron chi connectivity index (χ0n) is 17.6. The van der Waals surface area contributed by atoms with Crippen molar-refractivity contribution < 1.29 is 9.47 Å². The lowest BCUT2D eigenvalue weighted by molar-refractivity contribution is 0.282. The van der Waals surface area contributed by atoms with Gasteiger partial charge in [-0.25, -0.2) is 5.10 Å². The van der Waals surface area contributed by atoms with Gasteiger partial charge in [-0.2, -0.15) is 14.9 Å². The second kappa shape index (κ2) is 9.93. The third-order valence-corrected chi connectivity index (χ3v) is 5.61. The molecule has 0 bridgehead atoms. The summed E-state index contributed by atoms with van der Waals surface area (Å²) in [6.07, 6.45) is 1.70. The molecular formula is C24H21BrN4O2S. The molecule has 8 heteroatoms. The monoisotopic (exact) mass is 508 g/mol. The lowest BCUT2D eigenvalue weighted by atomic mass is 10.2. The molecule has 1 aromatic heterocycles. The van der Waals surface area contributed by atoms with Gasteiger partial charge in [0.2, 0.25) is 4.77 Å². The van der Waals surface area contributed by atoms with Crippen LogP contribution < -0.4 is 9.47 Å². The topological polar surface area (TPSA) is 64.4 Å². The van der Waals surface area contributed by atoms with Crippen molar-refractivity contribution in [1.82, 2.24) is 14.9 Å². The Morgan fingerprint density at radius 2 is 1.88 bits per heavy atom. The SMILES string of the molecule is COc1cc(/C=N\n2c(-c3ccccc3)n[nH]c2=S)cc(Br)c1OCc1ccc(C)cc1. The Hall–Kier alpha value is -3.23. The molecule has 0 spiro atoms. The smallest absolute Gasteiger partial charge is 0.216 e. The van der Waals surface area contributed by atoms with Gasteiger partial charge in [-0.15, -0.1) is 0 Å². The van der Waals surface area contributed by atoms with Crippen molar-refractivity contribution in [2.75, 3.05) is 7.11 Å². The van der Waals surface area contributed by atoms with Crippen LogP contribution in [0.25, 0.3) is 11.4 Å². The van der Waals surface area contributed by atoms with Gasteiger partial charge in [0.05, 0.1) is 17.8 Å². The van der Waals surface area contributed by atoms with Gasteiger partial charge in [-0.1, -0.05) is 60.2 Å². The number of ether oxygens (including phenoxy) is 2. The summed E-state index contributed by atoms with van der Waals surface area (Å²) in [5.74, 6) is 1.87. The summed E-state index contributed by atoms with van der Waals surface area (Å²) in [6, 6.07) is 21.8. The number of H-pyrrole nitrogens is 1. The van der Waals surface area contributed by atoms with E-state index < -0.39 is 0 Å². The van der Waals surface area contributed by atoms with Gasteiger partial charge in [-0.05, 0) is 58.3 Å². The lowest BCUT2D eigenvalue weighted by Gasteiger charge is -2.13. The first-order valence-electron chi connectivity index (χ1n) is 9.88. The molecule has 0 aliphatic rings. The molecule has 4 rings (SSSR count). The highest BCUT2D eigenvalue weighted by molar-refractivity contribution is 9.10. The summed E-state index contributed by atoms with van der Waals surface area (Å²) < 4.78 is 14.4. The van der Waals surface area contributed by atoms with Crippen LogP contribution in [0, 0.1) is 11.7 Å². The van der Waals surface area contributed by atoms with E-state index in [0.29, 0.717) is 28.7 Å². The molecule has 162 valence electrons. The number of nitrogens with zero attached hydrogens (tertiary/aromatic N) is 3. The highest BCUT2D eigenvalue weighted by Crippen LogP contribution is 2.37. The molecule has 32 heavy (non-hydrogen) atoms. The van der Waals surface area contributed by atoms with Crippen molar-refractivity contribution in [3.8, 4) is 22.9 Å². The van der Waals surface area contributed by atoms with Gasteiger partial charge in [0.15, 0.2) is 17.3 Å². The molecule has 1 N–H and O–H groups in total. The zero-order chi connectivity index (χ0) is 22.5. The van der Waals surface area contributed by atoms with Crippen LogP contribution in [0.2, 0.25) is 0 Å². The summed E-state index contributed by atoms with van der Waals surface area (Å²) in [5.41, 5.74) is 4.02. The normalized spacial score (nSPS) is 11.1. The summed E-state index contributed by atoms with van der Waals surface area (Å²) in [6.45, 7) is 2.50. The summed E-state index contributed by atoms with van der Waals surface area (Å²) >= 11 is 8.95. The molecule has 0 fully saturated rings. The average molecular weight is 509 g/mol. The molecule has 0 aliphatic carbocycles. The van der Waals surface area contributed by atoms with E-state index in [4.69, 9.17) is 21.7 Å². The van der Waals surface area contributed by atoms with Gasteiger partial charge < -0.3 is 9.47 Å². The van der Waals surface area contributed by atoms with Crippen LogP contribution in [0.5, 0.6) is 11.5 Å². The molecule has 0 radical (unpaired) electrons. The van der Waals surface area contributed by atoms with Crippen LogP contribution in [0.1, 0.15) is 16.7 Å². The minimum Gasteiger partial charge on any atom is -0.493 e. The van der Waals surface area contributed by atoms with E-state index in [2.05, 4.69) is 62.4 Å². The summed E-state index contributed by atoms with van der Waals surface area (Å²) in [7, 11) is 1.61. The van der Waals surface area contributed by atoms with Crippen molar-refractivity contribution in [3.05, 3.63) is 92.7 Å². The van der Waals surface area contributed by atoms with Gasteiger partial charge in [-0.3, -0.25) is 0 Å². The number of nitrogens with one attached hydrogen (secondary N) is 1. The van der Waals surface area contributed by atoms with Crippen molar-refractivity contribution >= 4 is 34.4 Å². The minimum absolute atomic E-state index is 0.407. The van der Waals surface area contributed by atoms with Crippen LogP contribution in [-0.4, -0.2) is 28.2 Å². The number of aromatic amines is 1. The largest absolute Gasteiger partial charge is 0.493 e. The number of halogens is 1. The maximum Gasteiger partial charge on any atom is 0.216 e. The molecule has 0 saturated heterocycles. The first kappa shape index (κ1) is 22.0. The van der Waals surface area contributed by atoms with Crippen molar-refractivity contribution in [3.63, 3.8) is 0 Å². The molecule has 1 heterocycles. The van der Waals surface area contributed by atoms with E-state index in [9.17, 15) is 0 Å². The van der Waals surface area contributed by atoms with Crippen molar-refractivity contribution in [2.45, 2.75) is 13.5 Å². The average Bonchev–Trinajstić information content (AvgIpc) is 3.18. The number of aryl methyl sites for hydroxylation is 1. The van der Waals surface area contributed by atoms with E-state index in [1.54, 1.807) is 18.0 Å². The number of rotatable bonds is 7. The fraction of sp³-hybridized carbons (Fsp3) is 0.125. The van der Waals surface area contributed by atoms with Gasteiger partial charge in [0.1, 0.15) is 6.61 Å². The van der Waals surface area contributed by atoms with Crippen LogP contribution in [0.15, 0.2) is 76.3 Å². The molecule has 0 atom stereocenters. The van der Waals surface area contributed by atoms with E-state index in [1.165, 1.54) is 5.56 Å². The number of hydrogen-bond acceptors (Lipinski definition) is 5. The number of benzene rings is 3. The van der Waals surface area contributed by atoms with E-state index >= 15 is 0 Å². The number of hydrogen-bond donors (Lipinski definition) is 1. The fourth-order valence-electron chi connectivity index (χ4n) is 3.09. The number of methoxy groups -OCH3 is 1. The molecule has 0 amide bonds. The minimum atomic E-state index is 0.407. The Bertz CT molecular complexity index is 1300. The molecule has 6 nitrogen and oxygen atoms in total. The second-order valence-electron chi connectivity index (χ2n) is 7.08. The Kier molecular flexibility index (Phi) is 6.82. The summed E-state index contributed by atoms with van der Waals surface area (Å²) in [5, 5.41) is 11.6. The highest BCUT2D eigenvalue weighted by atomic mass is 79.9. The maximum atomic E-state index is 6.03. The van der Waals surface area contributed by atoms with Gasteiger partial charge >= 0.3 is 0 Å². The zero-order valence-corrected chi connectivity index (χ0v) is 20.0. The van der Waals surface area contributed by atoms with E-state index in [-0.39, 0.29) is 0 Å². The fourth-order valence-corrected chi connectivity index (χ4v) is 3.84. The van der Waals surface area contributed by atoms with E-state index in [1.807, 2.05) is 42.5 Å². The predicted molar refractivity (Wildman–Crippen MR) is 132 cm³/mol. The Labute approximate surface area is 199 Å². The third-order valence-electron chi connectivity index (χ3n) is 4.76. The molecule has 0 aliphatic heterocycles. The van der Waals surface area contributed by atoms with Crippen LogP contribution in [0.3, 0.4) is 0 Å². The van der Waals surface area contributed by atoms with Crippen LogP contribution in [0.4, 0.5) is 0 Å². The molecule has 0 saturated carbocycles. The number of aromatic nitrogens is 3. The highest BCUT2D eigenvalue weighted by Gasteiger charge is 2.12. The first-order valence-corrected chi connectivity index (χ1v) is 11.1. The Morgan fingerprint density at radius 3 is 2.59 bits per heavy atom. The van der Waals surface area contributed by atoms with Crippen LogP contribution >= 0.6 is 28.1 Å². The van der Waals surface area contributed by atoms with Crippen LogP contribution in [-0.2, 0) is 6.61 Å². The summed E-state index contributed by atoms with van der Waals surface area (Å²) in [4.78, 5) is 0.